The summed E-state index contributed by atoms with van der Waals surface area (Å²) in [6.07, 6.45) is 0. The molecule has 0 saturated carbocycles. The number of esters is 2. The van der Waals surface area contributed by atoms with Crippen molar-refractivity contribution in [3.8, 4) is 6.07 Å². The van der Waals surface area contributed by atoms with Crippen molar-refractivity contribution in [2.75, 3.05) is 13.2 Å². The lowest BCUT2D eigenvalue weighted by atomic mass is 10.1. The molecule has 0 radical (unpaired) electrons. The molecule has 2 N–H and O–H groups in total. The fraction of sp³-hybridized carbons (Fsp3) is 0.571. The summed E-state index contributed by atoms with van der Waals surface area (Å²) < 4.78 is 9.71. The highest BCUT2D eigenvalue weighted by molar-refractivity contribution is 6.41. The smallest absolute Gasteiger partial charge is 0.424 e. The predicted octanol–water partition coefficient (Wildman–Crippen LogP) is 0.792. The Morgan fingerprint density at radius 3 is 1.95 bits per heavy atom. The molecule has 0 fully saturated rings. The predicted molar refractivity (Wildman–Crippen MR) is 77.0 cm³/mol. The third kappa shape index (κ3) is 6.20. The maximum atomic E-state index is 11.8. The van der Waals surface area contributed by atoms with Crippen LogP contribution < -0.4 is 5.73 Å². The van der Waals surface area contributed by atoms with Crippen molar-refractivity contribution in [3.05, 3.63) is 16.8 Å². The van der Waals surface area contributed by atoms with Gasteiger partial charge in [0.1, 0.15) is 6.07 Å². The van der Waals surface area contributed by atoms with Gasteiger partial charge in [0.25, 0.3) is 0 Å². The number of carbonyl (C=O) groups is 2. The first kappa shape index (κ1) is 19.4. The maximum absolute atomic E-state index is 11.8. The fourth-order valence-electron chi connectivity index (χ4n) is 1.16. The minimum Gasteiger partial charge on any atom is -0.461 e. The van der Waals surface area contributed by atoms with Gasteiger partial charge in [-0.05, 0) is 11.8 Å². The Morgan fingerprint density at radius 2 is 1.59 bits per heavy atom. The molecular formula is C14H20N4O4. The lowest BCUT2D eigenvalue weighted by Gasteiger charge is -2.07. The van der Waals surface area contributed by atoms with Gasteiger partial charge in [-0.3, -0.25) is 0 Å². The van der Waals surface area contributed by atoms with E-state index >= 15 is 0 Å². The fourth-order valence-corrected chi connectivity index (χ4v) is 1.16. The van der Waals surface area contributed by atoms with E-state index in [4.69, 9.17) is 26.0 Å². The molecule has 0 aromatic rings. The van der Waals surface area contributed by atoms with E-state index in [1.54, 1.807) is 6.07 Å². The van der Waals surface area contributed by atoms with Crippen LogP contribution in [0, 0.1) is 23.2 Å². The number of carbonyl (C=O) groups excluding carboxylic acids is 2. The van der Waals surface area contributed by atoms with Crippen molar-refractivity contribution >= 4 is 17.7 Å². The summed E-state index contributed by atoms with van der Waals surface area (Å²) in [6, 6.07) is 1.54. The van der Waals surface area contributed by atoms with Crippen LogP contribution in [0.15, 0.2) is 11.3 Å². The molecule has 0 aliphatic rings. The van der Waals surface area contributed by atoms with Gasteiger partial charge in [0.15, 0.2) is 11.3 Å². The molecule has 8 heteroatoms. The van der Waals surface area contributed by atoms with E-state index < -0.39 is 28.9 Å². The Labute approximate surface area is 129 Å². The lowest BCUT2D eigenvalue weighted by molar-refractivity contribution is -0.141. The number of ether oxygens (including phenoxy) is 2. The Morgan fingerprint density at radius 1 is 1.14 bits per heavy atom. The van der Waals surface area contributed by atoms with Crippen LogP contribution in [0.5, 0.6) is 0 Å². The minimum atomic E-state index is -1.03. The van der Waals surface area contributed by atoms with Crippen molar-refractivity contribution in [2.45, 2.75) is 27.7 Å². The van der Waals surface area contributed by atoms with Gasteiger partial charge in [0.05, 0.1) is 13.2 Å². The first-order valence-corrected chi connectivity index (χ1v) is 6.71. The number of nitrogens with zero attached hydrogens (tertiary/aromatic N) is 3. The molecule has 0 heterocycles. The van der Waals surface area contributed by atoms with Gasteiger partial charge in [-0.2, -0.15) is 10.1 Å². The number of hydrogen-bond acceptors (Lipinski definition) is 6. The van der Waals surface area contributed by atoms with E-state index in [9.17, 15) is 9.59 Å². The Balaban J connectivity index is 5.29. The third-order valence-corrected chi connectivity index (χ3v) is 2.23. The zero-order chi connectivity index (χ0) is 17.3. The third-order valence-electron chi connectivity index (χ3n) is 2.23. The Hall–Kier alpha value is -2.65. The average Bonchev–Trinajstić information content (AvgIpc) is 2.44. The van der Waals surface area contributed by atoms with Gasteiger partial charge in [-0.15, -0.1) is 0 Å². The van der Waals surface area contributed by atoms with E-state index in [0.29, 0.717) is 0 Å². The van der Waals surface area contributed by atoms with Gasteiger partial charge >= 0.3 is 17.7 Å². The van der Waals surface area contributed by atoms with Crippen LogP contribution in [0.4, 0.5) is 0 Å². The lowest BCUT2D eigenvalue weighted by Crippen LogP contribution is -2.29. The van der Waals surface area contributed by atoms with E-state index in [-0.39, 0.29) is 25.0 Å². The molecule has 0 bridgehead atoms. The van der Waals surface area contributed by atoms with Gasteiger partial charge in [-0.25, -0.2) is 9.59 Å². The van der Waals surface area contributed by atoms with Crippen LogP contribution in [0.25, 0.3) is 5.53 Å². The monoisotopic (exact) mass is 308 g/mol. The van der Waals surface area contributed by atoms with Crippen LogP contribution in [-0.4, -0.2) is 35.7 Å². The summed E-state index contributed by atoms with van der Waals surface area (Å²) >= 11 is 0. The van der Waals surface area contributed by atoms with Gasteiger partial charge in [-0.1, -0.05) is 27.7 Å². The highest BCUT2D eigenvalue weighted by atomic mass is 16.5. The highest BCUT2D eigenvalue weighted by Crippen LogP contribution is 2.06. The van der Waals surface area contributed by atoms with Crippen molar-refractivity contribution in [1.82, 2.24) is 0 Å². The summed E-state index contributed by atoms with van der Waals surface area (Å²) in [5.41, 5.74) is 12.5. The first-order valence-electron chi connectivity index (χ1n) is 6.71. The van der Waals surface area contributed by atoms with Crippen molar-refractivity contribution in [1.29, 1.82) is 5.26 Å². The van der Waals surface area contributed by atoms with Crippen LogP contribution in [0.1, 0.15) is 27.7 Å². The molecule has 0 aromatic carbocycles. The number of nitriles is 1. The van der Waals surface area contributed by atoms with E-state index in [0.717, 1.165) is 0 Å². The molecule has 0 unspecified atom stereocenters. The van der Waals surface area contributed by atoms with Gasteiger partial charge in [0, 0.05) is 0 Å². The summed E-state index contributed by atoms with van der Waals surface area (Å²) in [4.78, 5) is 26.2. The molecule has 0 aromatic heterocycles. The molecular weight excluding hydrogens is 288 g/mol. The Bertz CT molecular complexity index is 552. The largest absolute Gasteiger partial charge is 0.461 e. The standard InChI is InChI=1S/C14H20N4O4/c1-8(2)6-21-13(19)10(5-15)11(16)12(18-17)14(20)22-7-9(3)4/h8-9H,6-7,16H2,1-4H3/b11-10-. The van der Waals surface area contributed by atoms with E-state index in [1.807, 2.05) is 27.7 Å². The quantitative estimate of drug-likeness (QED) is 0.184. The molecule has 0 rings (SSSR count). The average molecular weight is 308 g/mol. The van der Waals surface area contributed by atoms with E-state index in [1.165, 1.54) is 0 Å². The molecule has 0 amide bonds. The second kappa shape index (κ2) is 9.32. The van der Waals surface area contributed by atoms with Gasteiger partial charge < -0.3 is 20.7 Å². The second-order valence-electron chi connectivity index (χ2n) is 5.33. The van der Waals surface area contributed by atoms with E-state index in [2.05, 4.69) is 4.79 Å². The molecule has 0 atom stereocenters. The van der Waals surface area contributed by atoms with Crippen LogP contribution in [0.2, 0.25) is 0 Å². The maximum Gasteiger partial charge on any atom is 0.424 e. The summed E-state index contributed by atoms with van der Waals surface area (Å²) in [7, 11) is 0. The molecule has 0 spiro atoms. The topological polar surface area (TPSA) is 139 Å². The summed E-state index contributed by atoms with van der Waals surface area (Å²) in [6.45, 7) is 7.41. The first-order chi connectivity index (χ1) is 10.2. The molecule has 120 valence electrons. The minimum absolute atomic E-state index is 0.0561. The zero-order valence-corrected chi connectivity index (χ0v) is 13.1. The molecule has 22 heavy (non-hydrogen) atoms. The molecule has 0 aliphatic carbocycles. The molecule has 8 nitrogen and oxygen atoms in total. The number of hydrogen-bond donors (Lipinski definition) is 1. The molecule has 0 saturated heterocycles. The normalized spacial score (nSPS) is 11.3. The van der Waals surface area contributed by atoms with Crippen molar-refractivity contribution < 1.29 is 23.9 Å². The van der Waals surface area contributed by atoms with Crippen molar-refractivity contribution in [3.63, 3.8) is 0 Å². The summed E-state index contributed by atoms with van der Waals surface area (Å²) in [5.74, 6) is -1.91. The highest BCUT2D eigenvalue weighted by Gasteiger charge is 2.31. The van der Waals surface area contributed by atoms with Crippen molar-refractivity contribution in [2.24, 2.45) is 17.6 Å². The molecule has 0 aliphatic heterocycles. The van der Waals surface area contributed by atoms with Crippen LogP contribution in [0.3, 0.4) is 0 Å². The van der Waals surface area contributed by atoms with Crippen LogP contribution >= 0.6 is 0 Å². The number of rotatable bonds is 7. The zero-order valence-electron chi connectivity index (χ0n) is 13.1. The summed E-state index contributed by atoms with van der Waals surface area (Å²) in [5, 5.41) is 9.00. The van der Waals surface area contributed by atoms with Gasteiger partial charge in [0.2, 0.25) is 0 Å². The number of nitrogens with two attached hydrogens (primary N) is 1. The van der Waals surface area contributed by atoms with Crippen LogP contribution in [-0.2, 0) is 19.1 Å². The SMILES string of the molecule is CC(C)COC(=O)C(=[N+]=[N-])/C(N)=C(\C#N)C(=O)OCC(C)C. The second-order valence-corrected chi connectivity index (χ2v) is 5.33. The Kier molecular flexibility index (Phi) is 8.19.